The van der Waals surface area contributed by atoms with Crippen molar-refractivity contribution in [3.05, 3.63) is 34.3 Å². The molecule has 1 aromatic rings. The van der Waals surface area contributed by atoms with Crippen molar-refractivity contribution in [2.45, 2.75) is 6.04 Å². The normalized spacial score (nSPS) is 18.7. The van der Waals surface area contributed by atoms with Crippen LogP contribution in [0.4, 0.5) is 0 Å². The molecule has 1 N–H and O–H groups in total. The molecule has 0 bridgehead atoms. The first-order chi connectivity index (χ1) is 8.74. The smallest absolute Gasteiger partial charge is 0.209 e. The van der Waals surface area contributed by atoms with Crippen LogP contribution in [-0.2, 0) is 4.79 Å². The molecule has 0 radical (unpaired) electrons. The van der Waals surface area contributed by atoms with Crippen LogP contribution >= 0.6 is 15.9 Å². The highest BCUT2D eigenvalue weighted by Gasteiger charge is 2.23. The minimum atomic E-state index is 0.0203. The summed E-state index contributed by atoms with van der Waals surface area (Å²) in [4.78, 5) is 14.7. The van der Waals surface area contributed by atoms with Gasteiger partial charge >= 0.3 is 0 Å². The number of aliphatic hydroxyl groups is 1. The fraction of sp³-hybridized carbons (Fsp3) is 0.462. The molecule has 0 spiro atoms. The molecule has 1 unspecified atom stereocenters. The van der Waals surface area contributed by atoms with E-state index in [4.69, 9.17) is 0 Å². The predicted octanol–water partition coefficient (Wildman–Crippen LogP) is 1.26. The Balaban J connectivity index is 2.05. The summed E-state index contributed by atoms with van der Waals surface area (Å²) in [5.41, 5.74) is 1.11. The second-order valence-electron chi connectivity index (χ2n) is 4.43. The molecule has 1 aliphatic rings. The summed E-state index contributed by atoms with van der Waals surface area (Å²) >= 11 is 3.41. The van der Waals surface area contributed by atoms with Crippen LogP contribution in [0.3, 0.4) is 0 Å². The fourth-order valence-electron chi connectivity index (χ4n) is 2.27. The van der Waals surface area contributed by atoms with Crippen molar-refractivity contribution in [2.24, 2.45) is 0 Å². The number of carbonyl (C=O) groups excluding carboxylic acids is 1. The van der Waals surface area contributed by atoms with Crippen molar-refractivity contribution >= 4 is 22.3 Å². The van der Waals surface area contributed by atoms with Crippen molar-refractivity contribution in [3.8, 4) is 0 Å². The van der Waals surface area contributed by atoms with Gasteiger partial charge in [0.2, 0.25) is 6.41 Å². The van der Waals surface area contributed by atoms with Crippen LogP contribution < -0.4 is 0 Å². The molecule has 18 heavy (non-hydrogen) atoms. The van der Waals surface area contributed by atoms with Gasteiger partial charge in [0.15, 0.2) is 0 Å². The Morgan fingerprint density at radius 1 is 1.22 bits per heavy atom. The van der Waals surface area contributed by atoms with Gasteiger partial charge in [0, 0.05) is 30.7 Å². The molecule has 0 aromatic heterocycles. The Morgan fingerprint density at radius 3 is 2.33 bits per heavy atom. The highest BCUT2D eigenvalue weighted by molar-refractivity contribution is 9.10. The maximum atomic E-state index is 10.7. The number of nitrogens with zero attached hydrogens (tertiary/aromatic N) is 2. The Bertz CT molecular complexity index is 388. The molecule has 1 heterocycles. The van der Waals surface area contributed by atoms with Gasteiger partial charge in [-0.3, -0.25) is 9.69 Å². The SMILES string of the molecule is O=CN1CCN(C(CO)c2ccc(Br)cc2)CC1. The van der Waals surface area contributed by atoms with Crippen molar-refractivity contribution in [1.82, 2.24) is 9.80 Å². The largest absolute Gasteiger partial charge is 0.394 e. The number of carbonyl (C=O) groups is 1. The first-order valence-corrected chi connectivity index (χ1v) is 6.83. The molecule has 4 nitrogen and oxygen atoms in total. The molecular formula is C13H17BrN2O2. The summed E-state index contributed by atoms with van der Waals surface area (Å²) < 4.78 is 1.04. The molecule has 2 rings (SSSR count). The van der Waals surface area contributed by atoms with E-state index in [1.807, 2.05) is 24.3 Å². The summed E-state index contributed by atoms with van der Waals surface area (Å²) in [7, 11) is 0. The Kier molecular flexibility index (Phi) is 4.74. The van der Waals surface area contributed by atoms with Crippen LogP contribution in [0.15, 0.2) is 28.7 Å². The number of piperazine rings is 1. The van der Waals surface area contributed by atoms with Gasteiger partial charge in [-0.25, -0.2) is 0 Å². The van der Waals surface area contributed by atoms with Gasteiger partial charge in [-0.05, 0) is 17.7 Å². The zero-order chi connectivity index (χ0) is 13.0. The van der Waals surface area contributed by atoms with Crippen LogP contribution in [0, 0.1) is 0 Å². The fourth-order valence-corrected chi connectivity index (χ4v) is 2.54. The molecular weight excluding hydrogens is 296 g/mol. The molecule has 1 aliphatic heterocycles. The van der Waals surface area contributed by atoms with Gasteiger partial charge in [-0.2, -0.15) is 0 Å². The van der Waals surface area contributed by atoms with E-state index in [0.29, 0.717) is 0 Å². The Morgan fingerprint density at radius 2 is 1.83 bits per heavy atom. The summed E-state index contributed by atoms with van der Waals surface area (Å²) in [6.07, 6.45) is 0.894. The first kappa shape index (κ1) is 13.5. The maximum absolute atomic E-state index is 10.7. The number of benzene rings is 1. The third-order valence-corrected chi connectivity index (χ3v) is 3.90. The minimum Gasteiger partial charge on any atom is -0.394 e. The number of halogens is 1. The number of hydrogen-bond donors (Lipinski definition) is 1. The monoisotopic (exact) mass is 312 g/mol. The van der Waals surface area contributed by atoms with Crippen LogP contribution in [0.1, 0.15) is 11.6 Å². The van der Waals surface area contributed by atoms with Gasteiger partial charge in [0.1, 0.15) is 0 Å². The maximum Gasteiger partial charge on any atom is 0.209 e. The van der Waals surface area contributed by atoms with Crippen LogP contribution in [0.25, 0.3) is 0 Å². The summed E-state index contributed by atoms with van der Waals surface area (Å²) in [6.45, 7) is 3.18. The van der Waals surface area contributed by atoms with Crippen molar-refractivity contribution in [2.75, 3.05) is 32.8 Å². The number of rotatable bonds is 4. The quantitative estimate of drug-likeness (QED) is 0.851. The average Bonchev–Trinajstić information content (AvgIpc) is 2.42. The van der Waals surface area contributed by atoms with Gasteiger partial charge in [-0.1, -0.05) is 28.1 Å². The van der Waals surface area contributed by atoms with Crippen molar-refractivity contribution in [3.63, 3.8) is 0 Å². The topological polar surface area (TPSA) is 43.8 Å². The molecule has 1 fully saturated rings. The number of amides is 1. The van der Waals surface area contributed by atoms with E-state index in [9.17, 15) is 9.90 Å². The lowest BCUT2D eigenvalue weighted by Crippen LogP contribution is -2.47. The third kappa shape index (κ3) is 3.10. The third-order valence-electron chi connectivity index (χ3n) is 3.37. The van der Waals surface area contributed by atoms with E-state index in [-0.39, 0.29) is 12.6 Å². The summed E-state index contributed by atoms with van der Waals surface area (Å²) in [5.74, 6) is 0. The van der Waals surface area contributed by atoms with Crippen molar-refractivity contribution < 1.29 is 9.90 Å². The van der Waals surface area contributed by atoms with Crippen LogP contribution in [0.5, 0.6) is 0 Å². The second kappa shape index (κ2) is 6.31. The molecule has 5 heteroatoms. The van der Waals surface area contributed by atoms with E-state index in [0.717, 1.165) is 42.6 Å². The summed E-state index contributed by atoms with van der Waals surface area (Å²) in [5, 5.41) is 9.59. The zero-order valence-electron chi connectivity index (χ0n) is 10.1. The number of aliphatic hydroxyl groups excluding tert-OH is 1. The van der Waals surface area contributed by atoms with E-state index < -0.39 is 0 Å². The molecule has 1 atom stereocenters. The minimum absolute atomic E-state index is 0.0203. The molecule has 1 saturated heterocycles. The second-order valence-corrected chi connectivity index (χ2v) is 5.34. The standard InChI is InChI=1S/C13H17BrN2O2/c14-12-3-1-11(2-4-12)13(9-17)16-7-5-15(10-18)6-8-16/h1-4,10,13,17H,5-9H2. The molecule has 1 aromatic carbocycles. The van der Waals surface area contributed by atoms with Crippen LogP contribution in [-0.4, -0.2) is 54.1 Å². The van der Waals surface area contributed by atoms with E-state index in [1.165, 1.54) is 0 Å². The lowest BCUT2D eigenvalue weighted by Gasteiger charge is -2.37. The van der Waals surface area contributed by atoms with Gasteiger partial charge in [0.05, 0.1) is 12.6 Å². The van der Waals surface area contributed by atoms with Crippen LogP contribution in [0.2, 0.25) is 0 Å². The average molecular weight is 313 g/mol. The van der Waals surface area contributed by atoms with E-state index in [2.05, 4.69) is 20.8 Å². The molecule has 0 aliphatic carbocycles. The lowest BCUT2D eigenvalue weighted by molar-refractivity contribution is -0.120. The number of hydrogen-bond acceptors (Lipinski definition) is 3. The first-order valence-electron chi connectivity index (χ1n) is 6.04. The predicted molar refractivity (Wildman–Crippen MR) is 73.2 cm³/mol. The van der Waals surface area contributed by atoms with E-state index >= 15 is 0 Å². The van der Waals surface area contributed by atoms with Gasteiger partial charge in [-0.15, -0.1) is 0 Å². The lowest BCUT2D eigenvalue weighted by atomic mass is 10.1. The van der Waals surface area contributed by atoms with Gasteiger partial charge in [0.25, 0.3) is 0 Å². The Labute approximate surface area is 115 Å². The molecule has 0 saturated carbocycles. The van der Waals surface area contributed by atoms with E-state index in [1.54, 1.807) is 4.90 Å². The molecule has 98 valence electrons. The summed E-state index contributed by atoms with van der Waals surface area (Å²) in [6, 6.07) is 8.04. The van der Waals surface area contributed by atoms with Crippen molar-refractivity contribution in [1.29, 1.82) is 0 Å². The van der Waals surface area contributed by atoms with Gasteiger partial charge < -0.3 is 10.0 Å². The highest BCUT2D eigenvalue weighted by Crippen LogP contribution is 2.23. The Hall–Kier alpha value is -0.910. The highest BCUT2D eigenvalue weighted by atomic mass is 79.9. The zero-order valence-corrected chi connectivity index (χ0v) is 11.7. The molecule has 1 amide bonds.